The molecule has 1 atom stereocenters. The number of allylic oxidation sites excluding steroid dienone is 6. The molecule has 0 bridgehead atoms. The number of rotatable bonds is 2. The standard InChI is InChI=1S/C21H24O5/c1-5-14-7-15(10-17(22)9-14)8-16-6-13(2)11-21(12-16)18(23)25-20(3,4)26-19(21)24/h5-8,17,22H,1-2,9-12H2,3-4H3/b15-8-. The molecule has 1 fully saturated rings. The Morgan fingerprint density at radius 2 is 1.77 bits per heavy atom. The Morgan fingerprint density at radius 3 is 2.38 bits per heavy atom. The van der Waals surface area contributed by atoms with Gasteiger partial charge in [0.2, 0.25) is 0 Å². The third-order valence-electron chi connectivity index (χ3n) is 4.83. The summed E-state index contributed by atoms with van der Waals surface area (Å²) in [7, 11) is 0. The summed E-state index contributed by atoms with van der Waals surface area (Å²) in [6.45, 7) is 10.8. The molecule has 3 aliphatic rings. The lowest BCUT2D eigenvalue weighted by molar-refractivity contribution is -0.251. The highest BCUT2D eigenvalue weighted by atomic mass is 16.7. The Kier molecular flexibility index (Phi) is 4.53. The molecule has 1 heterocycles. The van der Waals surface area contributed by atoms with Crippen molar-refractivity contribution in [2.75, 3.05) is 0 Å². The van der Waals surface area contributed by atoms with Crippen molar-refractivity contribution in [3.63, 3.8) is 0 Å². The van der Waals surface area contributed by atoms with Crippen molar-refractivity contribution in [2.24, 2.45) is 5.41 Å². The molecule has 2 aliphatic carbocycles. The molecular weight excluding hydrogens is 332 g/mol. The van der Waals surface area contributed by atoms with Crippen LogP contribution in [0.2, 0.25) is 0 Å². The first-order valence-electron chi connectivity index (χ1n) is 8.70. The van der Waals surface area contributed by atoms with Gasteiger partial charge in [-0.15, -0.1) is 0 Å². The lowest BCUT2D eigenvalue weighted by Crippen LogP contribution is -2.54. The average molecular weight is 356 g/mol. The van der Waals surface area contributed by atoms with Crippen LogP contribution in [0.25, 0.3) is 0 Å². The van der Waals surface area contributed by atoms with Crippen LogP contribution >= 0.6 is 0 Å². The number of hydrogen-bond acceptors (Lipinski definition) is 5. The third-order valence-corrected chi connectivity index (χ3v) is 4.83. The molecule has 26 heavy (non-hydrogen) atoms. The summed E-state index contributed by atoms with van der Waals surface area (Å²) in [5.74, 6) is -2.40. The lowest BCUT2D eigenvalue weighted by Gasteiger charge is -2.42. The van der Waals surface area contributed by atoms with Gasteiger partial charge in [0.25, 0.3) is 5.79 Å². The zero-order valence-corrected chi connectivity index (χ0v) is 15.2. The maximum atomic E-state index is 12.7. The molecule has 0 radical (unpaired) electrons. The Hall–Kier alpha value is -2.40. The van der Waals surface area contributed by atoms with Crippen molar-refractivity contribution < 1.29 is 24.2 Å². The minimum Gasteiger partial charge on any atom is -0.422 e. The second-order valence-electron chi connectivity index (χ2n) is 7.70. The fourth-order valence-electron chi connectivity index (χ4n) is 3.74. The van der Waals surface area contributed by atoms with E-state index >= 15 is 0 Å². The highest BCUT2D eigenvalue weighted by Gasteiger charge is 2.57. The maximum absolute atomic E-state index is 12.7. The minimum atomic E-state index is -1.38. The molecule has 1 aliphatic heterocycles. The first-order chi connectivity index (χ1) is 12.1. The van der Waals surface area contributed by atoms with Crippen molar-refractivity contribution in [1.29, 1.82) is 0 Å². The van der Waals surface area contributed by atoms with Gasteiger partial charge >= 0.3 is 11.9 Å². The molecule has 0 aromatic heterocycles. The van der Waals surface area contributed by atoms with Crippen LogP contribution in [0.15, 0.2) is 59.8 Å². The van der Waals surface area contributed by atoms with Gasteiger partial charge in [-0.25, -0.2) is 0 Å². The van der Waals surface area contributed by atoms with Crippen LogP contribution in [0.5, 0.6) is 0 Å². The first-order valence-corrected chi connectivity index (χ1v) is 8.70. The average Bonchev–Trinajstić information content (AvgIpc) is 2.51. The summed E-state index contributed by atoms with van der Waals surface area (Å²) in [6, 6.07) is 0. The van der Waals surface area contributed by atoms with E-state index < -0.39 is 29.2 Å². The highest BCUT2D eigenvalue weighted by Crippen LogP contribution is 2.45. The topological polar surface area (TPSA) is 72.8 Å². The molecule has 1 unspecified atom stereocenters. The fourth-order valence-corrected chi connectivity index (χ4v) is 3.74. The van der Waals surface area contributed by atoms with Gasteiger partial charge in [-0.3, -0.25) is 9.59 Å². The zero-order valence-electron chi connectivity index (χ0n) is 15.2. The summed E-state index contributed by atoms with van der Waals surface area (Å²) in [4.78, 5) is 25.3. The predicted octanol–water partition coefficient (Wildman–Crippen LogP) is 3.28. The first kappa shape index (κ1) is 18.4. The van der Waals surface area contributed by atoms with Crippen molar-refractivity contribution in [2.45, 2.75) is 51.4 Å². The number of carbonyl (C=O) groups excluding carboxylic acids is 2. The SMILES string of the molecule is C=CC1=C/C(=C/C2=CC(=C)CC3(C2)C(=O)OC(C)(C)OC3=O)CC(O)C1. The number of carbonyl (C=O) groups is 2. The van der Waals surface area contributed by atoms with Gasteiger partial charge in [0.15, 0.2) is 5.41 Å². The largest absolute Gasteiger partial charge is 0.422 e. The molecule has 5 heteroatoms. The second kappa shape index (κ2) is 6.40. The van der Waals surface area contributed by atoms with E-state index in [0.717, 1.165) is 16.7 Å². The molecule has 138 valence electrons. The summed E-state index contributed by atoms with van der Waals surface area (Å²) in [6.07, 6.45) is 8.47. The predicted molar refractivity (Wildman–Crippen MR) is 96.8 cm³/mol. The smallest absolute Gasteiger partial charge is 0.327 e. The highest BCUT2D eigenvalue weighted by molar-refractivity contribution is 6.02. The number of aliphatic hydroxyl groups is 1. The quantitative estimate of drug-likeness (QED) is 0.607. The molecule has 0 aromatic carbocycles. The molecule has 1 saturated heterocycles. The van der Waals surface area contributed by atoms with Crippen LogP contribution < -0.4 is 0 Å². The third kappa shape index (κ3) is 3.44. The van der Waals surface area contributed by atoms with Crippen molar-refractivity contribution >= 4 is 11.9 Å². The molecule has 0 saturated carbocycles. The molecule has 0 aromatic rings. The second-order valence-corrected chi connectivity index (χ2v) is 7.70. The number of hydrogen-bond donors (Lipinski definition) is 1. The van der Waals surface area contributed by atoms with Gasteiger partial charge < -0.3 is 14.6 Å². The van der Waals surface area contributed by atoms with Crippen molar-refractivity contribution in [3.8, 4) is 0 Å². The van der Waals surface area contributed by atoms with E-state index in [2.05, 4.69) is 13.2 Å². The Morgan fingerprint density at radius 1 is 1.12 bits per heavy atom. The van der Waals surface area contributed by atoms with E-state index in [1.165, 1.54) is 13.8 Å². The van der Waals surface area contributed by atoms with Gasteiger partial charge in [0, 0.05) is 13.8 Å². The fraction of sp³-hybridized carbons (Fsp3) is 0.429. The molecule has 0 amide bonds. The van der Waals surface area contributed by atoms with Crippen molar-refractivity contribution in [1.82, 2.24) is 0 Å². The van der Waals surface area contributed by atoms with Gasteiger partial charge in [0.1, 0.15) is 0 Å². The van der Waals surface area contributed by atoms with E-state index in [1.807, 2.05) is 18.2 Å². The summed E-state index contributed by atoms with van der Waals surface area (Å²) in [5.41, 5.74) is 1.96. The van der Waals surface area contributed by atoms with Crippen LogP contribution in [-0.2, 0) is 19.1 Å². The van der Waals surface area contributed by atoms with Gasteiger partial charge in [-0.05, 0) is 42.4 Å². The number of aliphatic hydroxyl groups excluding tert-OH is 1. The summed E-state index contributed by atoms with van der Waals surface area (Å²) in [5, 5.41) is 10.0. The molecule has 1 N–H and O–H groups in total. The van der Waals surface area contributed by atoms with E-state index in [4.69, 9.17) is 9.47 Å². The van der Waals surface area contributed by atoms with Gasteiger partial charge in [-0.2, -0.15) is 0 Å². The van der Waals surface area contributed by atoms with E-state index in [9.17, 15) is 14.7 Å². The molecule has 3 rings (SSSR count). The normalized spacial score (nSPS) is 29.0. The molecule has 1 spiro atoms. The monoisotopic (exact) mass is 356 g/mol. The minimum absolute atomic E-state index is 0.184. The van der Waals surface area contributed by atoms with Crippen LogP contribution in [0.3, 0.4) is 0 Å². The molecular formula is C21H24O5. The maximum Gasteiger partial charge on any atom is 0.327 e. The van der Waals surface area contributed by atoms with Crippen LogP contribution in [0, 0.1) is 5.41 Å². The Balaban J connectivity index is 1.93. The number of ether oxygens (including phenoxy) is 2. The summed E-state index contributed by atoms with van der Waals surface area (Å²) >= 11 is 0. The molecule has 5 nitrogen and oxygen atoms in total. The van der Waals surface area contributed by atoms with E-state index in [1.54, 1.807) is 6.08 Å². The van der Waals surface area contributed by atoms with Gasteiger partial charge in [-0.1, -0.05) is 43.0 Å². The van der Waals surface area contributed by atoms with Crippen LogP contribution in [0.1, 0.15) is 39.5 Å². The Bertz CT molecular complexity index is 758. The van der Waals surface area contributed by atoms with E-state index in [0.29, 0.717) is 18.4 Å². The number of cyclic esters (lactones) is 2. The van der Waals surface area contributed by atoms with E-state index in [-0.39, 0.29) is 12.8 Å². The lowest BCUT2D eigenvalue weighted by atomic mass is 9.71. The van der Waals surface area contributed by atoms with Crippen LogP contribution in [0.4, 0.5) is 0 Å². The number of esters is 2. The van der Waals surface area contributed by atoms with Crippen molar-refractivity contribution in [3.05, 3.63) is 59.8 Å². The van der Waals surface area contributed by atoms with Crippen LogP contribution in [-0.4, -0.2) is 28.9 Å². The zero-order chi connectivity index (χ0) is 19.1. The Labute approximate surface area is 153 Å². The van der Waals surface area contributed by atoms with Gasteiger partial charge in [0.05, 0.1) is 6.10 Å². The summed E-state index contributed by atoms with van der Waals surface area (Å²) < 4.78 is 10.7.